The van der Waals surface area contributed by atoms with Gasteiger partial charge in [0.05, 0.1) is 18.3 Å². The third-order valence-corrected chi connectivity index (χ3v) is 3.96. The Kier molecular flexibility index (Phi) is 6.79. The van der Waals surface area contributed by atoms with Gasteiger partial charge in [-0.15, -0.1) is 12.4 Å². The summed E-state index contributed by atoms with van der Waals surface area (Å²) in [5.74, 6) is 0.974. The average molecular weight is 298 g/mol. The smallest absolute Gasteiger partial charge is 0.228 e. The lowest BCUT2D eigenvalue weighted by Crippen LogP contribution is -2.33. The van der Waals surface area contributed by atoms with E-state index in [1.807, 2.05) is 11.0 Å². The molecule has 1 aromatic heterocycles. The van der Waals surface area contributed by atoms with Gasteiger partial charge in [-0.25, -0.2) is 0 Å². The topological polar surface area (TPSA) is 59.2 Å². The maximum Gasteiger partial charge on any atom is 0.228 e. The van der Waals surface area contributed by atoms with Crippen molar-refractivity contribution in [2.45, 2.75) is 39.0 Å². The van der Waals surface area contributed by atoms with Crippen LogP contribution in [0.25, 0.3) is 0 Å². The molecule has 2 rings (SSSR count). The number of halogens is 1. The fourth-order valence-corrected chi connectivity index (χ4v) is 2.63. The Labute approximate surface area is 127 Å². The van der Waals surface area contributed by atoms with E-state index in [9.17, 15) is 4.79 Å². The van der Waals surface area contributed by atoms with Crippen molar-refractivity contribution in [2.75, 3.05) is 18.8 Å². The quantitative estimate of drug-likeness (QED) is 0.933. The summed E-state index contributed by atoms with van der Waals surface area (Å²) in [5, 5.41) is 0. The van der Waals surface area contributed by atoms with E-state index in [4.69, 9.17) is 5.73 Å². The highest BCUT2D eigenvalue weighted by Gasteiger charge is 2.19. The standard InChI is InChI=1S/C15H23N3O.ClH/c1-2-12-4-3-8-18(9-7-12)15(19)10-14-6-5-13(16)11-17-14;/h5-6,11-12H,2-4,7-10,16H2,1H3;1H. The van der Waals surface area contributed by atoms with E-state index in [1.54, 1.807) is 12.3 Å². The molecule has 1 aliphatic rings. The molecule has 0 aliphatic carbocycles. The molecule has 112 valence electrons. The second-order valence-electron chi connectivity index (χ2n) is 5.35. The van der Waals surface area contributed by atoms with Gasteiger partial charge in [0.2, 0.25) is 5.91 Å². The number of carbonyl (C=O) groups is 1. The summed E-state index contributed by atoms with van der Waals surface area (Å²) < 4.78 is 0. The number of hydrogen-bond acceptors (Lipinski definition) is 3. The Hall–Kier alpha value is -1.29. The number of carbonyl (C=O) groups excluding carboxylic acids is 1. The number of nitrogens with two attached hydrogens (primary N) is 1. The molecule has 4 nitrogen and oxygen atoms in total. The van der Waals surface area contributed by atoms with Crippen molar-refractivity contribution in [3.05, 3.63) is 24.0 Å². The van der Waals surface area contributed by atoms with Crippen LogP contribution in [-0.2, 0) is 11.2 Å². The molecule has 20 heavy (non-hydrogen) atoms. The summed E-state index contributed by atoms with van der Waals surface area (Å²) in [6.07, 6.45) is 6.73. The van der Waals surface area contributed by atoms with Gasteiger partial charge in [0, 0.05) is 18.8 Å². The molecule has 1 aliphatic heterocycles. The molecular weight excluding hydrogens is 274 g/mol. The highest BCUT2D eigenvalue weighted by atomic mass is 35.5. The van der Waals surface area contributed by atoms with Crippen molar-refractivity contribution in [3.8, 4) is 0 Å². The molecule has 1 amide bonds. The number of anilines is 1. The molecule has 1 fully saturated rings. The minimum Gasteiger partial charge on any atom is -0.397 e. The number of aromatic nitrogens is 1. The van der Waals surface area contributed by atoms with Crippen LogP contribution in [0.4, 0.5) is 5.69 Å². The maximum absolute atomic E-state index is 12.3. The molecule has 2 N–H and O–H groups in total. The Morgan fingerprint density at radius 3 is 2.85 bits per heavy atom. The Balaban J connectivity index is 0.00000200. The van der Waals surface area contributed by atoms with Crippen LogP contribution in [0.2, 0.25) is 0 Å². The predicted molar refractivity (Wildman–Crippen MR) is 83.8 cm³/mol. The van der Waals surface area contributed by atoms with Crippen LogP contribution in [0.3, 0.4) is 0 Å². The van der Waals surface area contributed by atoms with Gasteiger partial charge in [-0.3, -0.25) is 9.78 Å². The monoisotopic (exact) mass is 297 g/mol. The zero-order valence-corrected chi connectivity index (χ0v) is 12.9. The molecule has 2 heterocycles. The highest BCUT2D eigenvalue weighted by molar-refractivity contribution is 5.85. The number of nitrogens with zero attached hydrogens (tertiary/aromatic N) is 2. The van der Waals surface area contributed by atoms with E-state index in [0.717, 1.165) is 37.5 Å². The summed E-state index contributed by atoms with van der Waals surface area (Å²) >= 11 is 0. The van der Waals surface area contributed by atoms with Crippen LogP contribution in [0.1, 0.15) is 38.3 Å². The SMILES string of the molecule is CCC1CCCN(C(=O)Cc2ccc(N)cn2)CC1.Cl. The summed E-state index contributed by atoms with van der Waals surface area (Å²) in [4.78, 5) is 18.4. The first-order valence-corrected chi connectivity index (χ1v) is 7.17. The van der Waals surface area contributed by atoms with E-state index < -0.39 is 0 Å². The predicted octanol–water partition coefficient (Wildman–Crippen LogP) is 2.67. The minimum atomic E-state index is 0. The van der Waals surface area contributed by atoms with Crippen LogP contribution in [0.15, 0.2) is 18.3 Å². The fraction of sp³-hybridized carbons (Fsp3) is 0.600. The van der Waals surface area contributed by atoms with Gasteiger partial charge in [-0.1, -0.05) is 13.3 Å². The van der Waals surface area contributed by atoms with Gasteiger partial charge in [-0.2, -0.15) is 0 Å². The van der Waals surface area contributed by atoms with Crippen LogP contribution in [0, 0.1) is 5.92 Å². The molecule has 1 atom stereocenters. The minimum absolute atomic E-state index is 0. The fourth-order valence-electron chi connectivity index (χ4n) is 2.63. The molecule has 1 saturated heterocycles. The number of hydrogen-bond donors (Lipinski definition) is 1. The zero-order chi connectivity index (χ0) is 13.7. The van der Waals surface area contributed by atoms with Crippen molar-refractivity contribution in [3.63, 3.8) is 0 Å². The van der Waals surface area contributed by atoms with Crippen molar-refractivity contribution >= 4 is 24.0 Å². The van der Waals surface area contributed by atoms with Gasteiger partial charge < -0.3 is 10.6 Å². The lowest BCUT2D eigenvalue weighted by Gasteiger charge is -2.20. The van der Waals surface area contributed by atoms with Gasteiger partial charge >= 0.3 is 0 Å². The number of amides is 1. The van der Waals surface area contributed by atoms with Gasteiger partial charge in [0.25, 0.3) is 0 Å². The number of likely N-dealkylation sites (tertiary alicyclic amines) is 1. The molecule has 0 radical (unpaired) electrons. The van der Waals surface area contributed by atoms with Crippen molar-refractivity contribution < 1.29 is 4.79 Å². The third kappa shape index (κ3) is 4.67. The van der Waals surface area contributed by atoms with Crippen LogP contribution >= 0.6 is 12.4 Å². The summed E-state index contributed by atoms with van der Waals surface area (Å²) in [5.41, 5.74) is 7.03. The summed E-state index contributed by atoms with van der Waals surface area (Å²) in [6, 6.07) is 3.63. The molecule has 5 heteroatoms. The van der Waals surface area contributed by atoms with E-state index in [2.05, 4.69) is 11.9 Å². The first-order chi connectivity index (χ1) is 9.19. The van der Waals surface area contributed by atoms with Gasteiger partial charge in [-0.05, 0) is 37.3 Å². The molecule has 0 saturated carbocycles. The normalized spacial score (nSPS) is 19.1. The van der Waals surface area contributed by atoms with Crippen molar-refractivity contribution in [1.29, 1.82) is 0 Å². The first kappa shape index (κ1) is 16.8. The second-order valence-corrected chi connectivity index (χ2v) is 5.35. The van der Waals surface area contributed by atoms with Crippen molar-refractivity contribution in [1.82, 2.24) is 9.88 Å². The molecule has 1 aromatic rings. The Morgan fingerprint density at radius 2 is 2.20 bits per heavy atom. The molecule has 0 bridgehead atoms. The number of pyridine rings is 1. The van der Waals surface area contributed by atoms with Crippen LogP contribution in [-0.4, -0.2) is 28.9 Å². The van der Waals surface area contributed by atoms with Crippen LogP contribution in [0.5, 0.6) is 0 Å². The summed E-state index contributed by atoms with van der Waals surface area (Å²) in [7, 11) is 0. The molecule has 0 aromatic carbocycles. The van der Waals surface area contributed by atoms with Crippen LogP contribution < -0.4 is 5.73 Å². The third-order valence-electron chi connectivity index (χ3n) is 3.96. The van der Waals surface area contributed by atoms with E-state index in [-0.39, 0.29) is 18.3 Å². The van der Waals surface area contributed by atoms with Gasteiger partial charge in [0.15, 0.2) is 0 Å². The molecule has 1 unspecified atom stereocenters. The number of rotatable bonds is 3. The largest absolute Gasteiger partial charge is 0.397 e. The van der Waals surface area contributed by atoms with E-state index >= 15 is 0 Å². The molecular formula is C15H24ClN3O. The lowest BCUT2D eigenvalue weighted by atomic mass is 9.98. The Morgan fingerprint density at radius 1 is 1.40 bits per heavy atom. The van der Waals surface area contributed by atoms with E-state index in [0.29, 0.717) is 12.1 Å². The molecule has 0 spiro atoms. The maximum atomic E-state index is 12.3. The van der Waals surface area contributed by atoms with Crippen molar-refractivity contribution in [2.24, 2.45) is 5.92 Å². The second kappa shape index (κ2) is 8.10. The summed E-state index contributed by atoms with van der Waals surface area (Å²) in [6.45, 7) is 4.02. The average Bonchev–Trinajstić information content (AvgIpc) is 2.66. The van der Waals surface area contributed by atoms with E-state index in [1.165, 1.54) is 12.8 Å². The number of nitrogen functional groups attached to an aromatic ring is 1. The Bertz CT molecular complexity index is 422. The lowest BCUT2D eigenvalue weighted by molar-refractivity contribution is -0.130. The zero-order valence-electron chi connectivity index (χ0n) is 12.0. The first-order valence-electron chi connectivity index (χ1n) is 7.17. The van der Waals surface area contributed by atoms with Gasteiger partial charge in [0.1, 0.15) is 0 Å². The highest BCUT2D eigenvalue weighted by Crippen LogP contribution is 2.20.